The van der Waals surface area contributed by atoms with Crippen molar-refractivity contribution in [2.75, 3.05) is 27.7 Å². The molecular formula is C14H25N9O8. The lowest BCUT2D eigenvalue weighted by Crippen LogP contribution is -2.64. The van der Waals surface area contributed by atoms with E-state index >= 15 is 0 Å². The number of aliphatic hydroxyl groups excluding tert-OH is 4. The van der Waals surface area contributed by atoms with Gasteiger partial charge in [-0.15, -0.1) is 10.0 Å². The molecule has 0 radical (unpaired) electrons. The topological polar surface area (TPSA) is 252 Å². The third-order valence-corrected chi connectivity index (χ3v) is 3.79. The van der Waals surface area contributed by atoms with E-state index in [1.54, 1.807) is 14.1 Å². The summed E-state index contributed by atoms with van der Waals surface area (Å²) in [5, 5.41) is 51.2. The number of carbonyl (C=O) groups is 2. The summed E-state index contributed by atoms with van der Waals surface area (Å²) in [7, 11) is 4.48. The first-order chi connectivity index (χ1) is 14.5. The van der Waals surface area contributed by atoms with Gasteiger partial charge in [-0.1, -0.05) is 5.22 Å². The minimum Gasteiger partial charge on any atom is -0.394 e. The third kappa shape index (κ3) is 7.19. The number of amides is 3. The zero-order chi connectivity index (χ0) is 23.7. The Morgan fingerprint density at radius 2 is 1.94 bits per heavy atom. The number of rotatable bonds is 6. The van der Waals surface area contributed by atoms with Gasteiger partial charge in [-0.2, -0.15) is 5.01 Å². The molecule has 2 rings (SSSR count). The van der Waals surface area contributed by atoms with Crippen LogP contribution in [-0.2, 0) is 4.74 Å². The van der Waals surface area contributed by atoms with Gasteiger partial charge in [0.2, 0.25) is 5.82 Å². The number of imidazole rings is 1. The molecule has 1 aromatic rings. The highest BCUT2D eigenvalue weighted by Gasteiger charge is 2.44. The average molecular weight is 447 g/mol. The maximum atomic E-state index is 11.3. The number of carbonyl (C=O) groups excluding carboxylic acids is 2. The van der Waals surface area contributed by atoms with Crippen molar-refractivity contribution >= 4 is 17.8 Å². The molecule has 0 saturated carbocycles. The Morgan fingerprint density at radius 3 is 2.45 bits per heavy atom. The number of ether oxygens (including phenoxy) is 1. The van der Waals surface area contributed by atoms with Gasteiger partial charge in [0.25, 0.3) is 5.91 Å². The molecule has 3 amide bonds. The third-order valence-electron chi connectivity index (χ3n) is 3.79. The van der Waals surface area contributed by atoms with Crippen LogP contribution in [0.3, 0.4) is 0 Å². The van der Waals surface area contributed by atoms with Crippen molar-refractivity contribution in [3.05, 3.63) is 16.9 Å². The Balaban J connectivity index is 0.000000327. The number of aliphatic hydroxyl groups is 4. The number of primary amides is 1. The van der Waals surface area contributed by atoms with Crippen molar-refractivity contribution in [1.29, 1.82) is 0 Å². The Labute approximate surface area is 175 Å². The molecule has 8 N–H and O–H groups in total. The van der Waals surface area contributed by atoms with Gasteiger partial charge in [0.15, 0.2) is 12.0 Å². The van der Waals surface area contributed by atoms with Gasteiger partial charge in [-0.05, 0) is 0 Å². The molecule has 17 nitrogen and oxygen atoms in total. The van der Waals surface area contributed by atoms with E-state index in [1.165, 1.54) is 11.3 Å². The molecular weight excluding hydrogens is 422 g/mol. The molecule has 5 atom stereocenters. The fraction of sp³-hybridized carbons (Fsp3) is 0.643. The molecule has 0 aromatic carbocycles. The lowest BCUT2D eigenvalue weighted by atomic mass is 9.97. The van der Waals surface area contributed by atoms with Crippen LogP contribution in [0.4, 0.5) is 10.6 Å². The zero-order valence-electron chi connectivity index (χ0n) is 16.9. The summed E-state index contributed by atoms with van der Waals surface area (Å²) in [4.78, 5) is 38.5. The number of hydrogen-bond donors (Lipinski definition) is 7. The minimum absolute atomic E-state index is 0.158. The highest BCUT2D eigenvalue weighted by Crippen LogP contribution is 2.19. The number of nitrogens with one attached hydrogen (secondary N) is 2. The summed E-state index contributed by atoms with van der Waals surface area (Å²) >= 11 is 0. The standard InChI is InChI=1S/C8H15N3O7.C6H10N6O/c1-11(10-17)8(16)9-4-6(14)5(13)3(2-12)18-7(4)15;1-12(2)11-10-6-4(5(7)13)8-3-9-6/h3-7,12-15H,2H2,1H3,(H,9,16);3H,1-2H3,(H2,7,13)(H,8,9)/t3-,4-,5-,6-,7+;/m1./s1. The van der Waals surface area contributed by atoms with E-state index in [1.807, 2.05) is 0 Å². The van der Waals surface area contributed by atoms with Crippen LogP contribution in [0.15, 0.2) is 22.0 Å². The fourth-order valence-electron chi connectivity index (χ4n) is 2.20. The molecule has 1 fully saturated rings. The summed E-state index contributed by atoms with van der Waals surface area (Å²) < 4.78 is 4.80. The zero-order valence-corrected chi connectivity index (χ0v) is 16.9. The van der Waals surface area contributed by atoms with Gasteiger partial charge in [0, 0.05) is 21.1 Å². The second-order valence-corrected chi connectivity index (χ2v) is 6.31. The molecule has 1 aliphatic rings. The average Bonchev–Trinajstić information content (AvgIpc) is 3.21. The van der Waals surface area contributed by atoms with E-state index in [-0.39, 0.29) is 11.5 Å². The molecule has 0 spiro atoms. The van der Waals surface area contributed by atoms with Crippen LogP contribution in [0, 0.1) is 4.91 Å². The van der Waals surface area contributed by atoms with Crippen molar-refractivity contribution in [2.45, 2.75) is 30.6 Å². The highest BCUT2D eigenvalue weighted by molar-refractivity contribution is 5.94. The van der Waals surface area contributed by atoms with Crippen LogP contribution in [0.25, 0.3) is 0 Å². The number of nitrogens with two attached hydrogens (primary N) is 1. The van der Waals surface area contributed by atoms with Crippen molar-refractivity contribution < 1.29 is 34.8 Å². The Morgan fingerprint density at radius 1 is 1.29 bits per heavy atom. The van der Waals surface area contributed by atoms with Crippen LogP contribution >= 0.6 is 0 Å². The number of hydrogen-bond acceptors (Lipinski definition) is 12. The first-order valence-electron chi connectivity index (χ1n) is 8.63. The Bertz CT molecular complexity index is 773. The van der Waals surface area contributed by atoms with Gasteiger partial charge in [0.05, 0.1) is 18.2 Å². The Hall–Kier alpha value is -3.25. The lowest BCUT2D eigenvalue weighted by molar-refractivity contribution is -0.252. The van der Waals surface area contributed by atoms with Gasteiger partial charge in [0.1, 0.15) is 24.4 Å². The van der Waals surface area contributed by atoms with E-state index in [4.69, 9.17) is 15.6 Å². The normalized spacial score (nSPS) is 25.3. The molecule has 0 bridgehead atoms. The first kappa shape index (κ1) is 25.8. The smallest absolute Gasteiger partial charge is 0.340 e. The van der Waals surface area contributed by atoms with Crippen molar-refractivity contribution in [1.82, 2.24) is 25.3 Å². The predicted octanol–water partition coefficient (Wildman–Crippen LogP) is -2.82. The maximum Gasteiger partial charge on any atom is 0.340 e. The number of aromatic amines is 1. The van der Waals surface area contributed by atoms with Gasteiger partial charge in [-0.3, -0.25) is 9.80 Å². The highest BCUT2D eigenvalue weighted by atomic mass is 16.6. The molecule has 1 aliphatic heterocycles. The molecule has 31 heavy (non-hydrogen) atoms. The fourth-order valence-corrected chi connectivity index (χ4v) is 2.20. The van der Waals surface area contributed by atoms with Gasteiger partial charge >= 0.3 is 6.03 Å². The second kappa shape index (κ2) is 11.8. The molecule has 1 aromatic heterocycles. The molecule has 2 heterocycles. The van der Waals surface area contributed by atoms with Crippen LogP contribution < -0.4 is 11.1 Å². The maximum absolute atomic E-state index is 11.3. The van der Waals surface area contributed by atoms with Gasteiger partial charge < -0.3 is 41.2 Å². The van der Waals surface area contributed by atoms with Crippen LogP contribution in [0.5, 0.6) is 0 Å². The van der Waals surface area contributed by atoms with E-state index in [0.717, 1.165) is 7.05 Å². The molecule has 17 heteroatoms. The van der Waals surface area contributed by atoms with Crippen LogP contribution in [0.1, 0.15) is 10.5 Å². The van der Waals surface area contributed by atoms with E-state index in [0.29, 0.717) is 5.01 Å². The van der Waals surface area contributed by atoms with Crippen molar-refractivity contribution in [2.24, 2.45) is 21.4 Å². The minimum atomic E-state index is -1.63. The number of aromatic nitrogens is 2. The molecule has 174 valence electrons. The number of H-pyrrole nitrogens is 1. The summed E-state index contributed by atoms with van der Waals surface area (Å²) in [5.74, 6) is -0.411. The number of urea groups is 1. The predicted molar refractivity (Wildman–Crippen MR) is 101 cm³/mol. The lowest BCUT2D eigenvalue weighted by Gasteiger charge is -2.40. The number of nitroso groups, excluding NO2 is 1. The monoisotopic (exact) mass is 447 g/mol. The van der Waals surface area contributed by atoms with E-state index in [2.05, 4.69) is 30.9 Å². The Kier molecular flexibility index (Phi) is 9.83. The number of nitrogens with zero attached hydrogens (tertiary/aromatic N) is 6. The van der Waals surface area contributed by atoms with Gasteiger partial charge in [-0.25, -0.2) is 9.78 Å². The summed E-state index contributed by atoms with van der Waals surface area (Å²) in [6, 6.07) is -2.33. The quantitative estimate of drug-likeness (QED) is 0.134. The first-order valence-corrected chi connectivity index (χ1v) is 8.63. The van der Waals surface area contributed by atoms with Crippen LogP contribution in [-0.4, -0.2) is 111 Å². The van der Waals surface area contributed by atoms with Crippen LogP contribution in [0.2, 0.25) is 0 Å². The van der Waals surface area contributed by atoms with Crippen molar-refractivity contribution in [3.8, 4) is 0 Å². The largest absolute Gasteiger partial charge is 0.394 e. The molecule has 0 aliphatic carbocycles. The van der Waals surface area contributed by atoms with E-state index in [9.17, 15) is 29.8 Å². The summed E-state index contributed by atoms with van der Waals surface area (Å²) in [5.41, 5.74) is 5.20. The van der Waals surface area contributed by atoms with Crippen molar-refractivity contribution in [3.63, 3.8) is 0 Å². The summed E-state index contributed by atoms with van der Waals surface area (Å²) in [6.45, 7) is -0.605. The molecule has 1 saturated heterocycles. The SMILES string of the molecule is CN(C)N=Nc1nc[nH]c1C(N)=O.CN(N=O)C(=O)N[C@@H]1[C@@H](O)[C@H](O)[C@@H](CO)O[C@@H]1O. The molecule has 0 unspecified atom stereocenters. The summed E-state index contributed by atoms with van der Waals surface area (Å²) in [6.07, 6.45) is -4.51. The second-order valence-electron chi connectivity index (χ2n) is 6.31. The van der Waals surface area contributed by atoms with E-state index < -0.39 is 49.2 Å².